The minimum Gasteiger partial charge on any atom is -0.465 e. The van der Waals surface area contributed by atoms with E-state index < -0.39 is 18.0 Å². The largest absolute Gasteiger partial charge is 0.465 e. The number of carbonyl (C=O) groups excluding carboxylic acids is 2. The molecule has 212 valence electrons. The molecule has 3 aliphatic rings. The summed E-state index contributed by atoms with van der Waals surface area (Å²) in [6.45, 7) is 8.89. The highest BCUT2D eigenvalue weighted by Crippen LogP contribution is 2.41. The first kappa shape index (κ1) is 27.4. The van der Waals surface area contributed by atoms with Gasteiger partial charge in [-0.25, -0.2) is 18.4 Å². The van der Waals surface area contributed by atoms with Crippen molar-refractivity contribution in [3.8, 4) is 0 Å². The number of benzene rings is 1. The average molecular weight is 546 g/mol. The van der Waals surface area contributed by atoms with E-state index in [0.29, 0.717) is 38.3 Å². The fourth-order valence-electron chi connectivity index (χ4n) is 5.83. The summed E-state index contributed by atoms with van der Waals surface area (Å²) < 4.78 is 40.5. The summed E-state index contributed by atoms with van der Waals surface area (Å²) in [6, 6.07) is 3.13. The van der Waals surface area contributed by atoms with Crippen molar-refractivity contribution in [3.05, 3.63) is 40.1 Å². The van der Waals surface area contributed by atoms with E-state index in [1.807, 2.05) is 25.7 Å². The highest BCUT2D eigenvalue weighted by molar-refractivity contribution is 5.92. The topological polar surface area (TPSA) is 88.9 Å². The number of amides is 1. The summed E-state index contributed by atoms with van der Waals surface area (Å²) in [6.07, 6.45) is 0.729. The monoisotopic (exact) mass is 545 g/mol. The number of likely N-dealkylation sites (tertiary alicyclic amines) is 1. The lowest BCUT2D eigenvalue weighted by atomic mass is 9.95. The summed E-state index contributed by atoms with van der Waals surface area (Å²) in [7, 11) is 1.20. The number of anilines is 2. The number of fused-ring (bicyclic) bond motifs is 2. The number of nitrogens with zero attached hydrogens (tertiary/aromatic N) is 4. The van der Waals surface area contributed by atoms with E-state index in [0.717, 1.165) is 54.9 Å². The van der Waals surface area contributed by atoms with Gasteiger partial charge < -0.3 is 24.6 Å². The molecule has 11 heteroatoms. The van der Waals surface area contributed by atoms with Gasteiger partial charge >= 0.3 is 12.1 Å². The first-order valence-electron chi connectivity index (χ1n) is 13.7. The molecule has 3 aliphatic heterocycles. The van der Waals surface area contributed by atoms with Crippen LogP contribution in [0.2, 0.25) is 0 Å². The number of esters is 1. The zero-order chi connectivity index (χ0) is 27.9. The molecule has 1 amide bonds. The number of piperidine rings is 1. The number of alkyl halides is 2. The van der Waals surface area contributed by atoms with Crippen LogP contribution in [0.5, 0.6) is 0 Å². The van der Waals surface area contributed by atoms with E-state index in [4.69, 9.17) is 14.6 Å². The van der Waals surface area contributed by atoms with Crippen molar-refractivity contribution in [1.29, 1.82) is 0 Å². The second-order valence-corrected chi connectivity index (χ2v) is 11.4. The molecule has 5 rings (SSSR count). The molecule has 4 heterocycles. The van der Waals surface area contributed by atoms with E-state index in [1.54, 1.807) is 11.0 Å². The van der Waals surface area contributed by atoms with Gasteiger partial charge in [0.25, 0.3) is 6.43 Å². The maximum absolute atomic E-state index is 14.0. The molecule has 1 aromatic heterocycles. The number of carbonyl (C=O) groups is 2. The lowest BCUT2D eigenvalue weighted by molar-refractivity contribution is 0.0183. The predicted octanol–water partition coefficient (Wildman–Crippen LogP) is 4.91. The molecule has 2 aromatic rings. The predicted molar refractivity (Wildman–Crippen MR) is 142 cm³/mol. The Labute approximate surface area is 227 Å². The Hall–Kier alpha value is -3.21. The van der Waals surface area contributed by atoms with E-state index in [9.17, 15) is 18.4 Å². The van der Waals surface area contributed by atoms with Crippen LogP contribution in [-0.4, -0.2) is 65.6 Å². The van der Waals surface area contributed by atoms with Crippen LogP contribution < -0.4 is 10.2 Å². The van der Waals surface area contributed by atoms with Crippen molar-refractivity contribution in [2.75, 3.05) is 38.2 Å². The van der Waals surface area contributed by atoms with Crippen molar-refractivity contribution in [2.45, 2.75) is 77.5 Å². The summed E-state index contributed by atoms with van der Waals surface area (Å²) >= 11 is 0. The fraction of sp³-hybridized carbons (Fsp3) is 0.607. The van der Waals surface area contributed by atoms with Crippen molar-refractivity contribution in [1.82, 2.24) is 20.0 Å². The second kappa shape index (κ2) is 10.7. The van der Waals surface area contributed by atoms with Crippen LogP contribution in [0.15, 0.2) is 12.1 Å². The average Bonchev–Trinajstić information content (AvgIpc) is 3.30. The zero-order valence-electron chi connectivity index (χ0n) is 23.1. The van der Waals surface area contributed by atoms with Gasteiger partial charge in [0, 0.05) is 61.7 Å². The van der Waals surface area contributed by atoms with Crippen LogP contribution in [0.3, 0.4) is 0 Å². The molecule has 0 aliphatic carbocycles. The van der Waals surface area contributed by atoms with Crippen LogP contribution in [-0.2, 0) is 28.9 Å². The zero-order valence-corrected chi connectivity index (χ0v) is 23.1. The quantitative estimate of drug-likeness (QED) is 0.546. The van der Waals surface area contributed by atoms with Gasteiger partial charge in [-0.2, -0.15) is 5.10 Å². The van der Waals surface area contributed by atoms with Crippen molar-refractivity contribution < 1.29 is 27.8 Å². The SMILES string of the molecule is COC(=O)c1cc2c(cc1C(F)F)N(c1nn(C3CCN(C(=O)OC(C)(C)C)CC3)c3c1CNCC3)CCC2. The molecule has 9 nitrogen and oxygen atoms in total. The molecule has 0 atom stereocenters. The first-order chi connectivity index (χ1) is 18.6. The van der Waals surface area contributed by atoms with Gasteiger partial charge in [-0.15, -0.1) is 0 Å². The molecule has 0 saturated carbocycles. The van der Waals surface area contributed by atoms with Crippen LogP contribution in [0.4, 0.5) is 25.1 Å². The summed E-state index contributed by atoms with van der Waals surface area (Å²) in [4.78, 5) is 28.6. The Balaban J connectivity index is 1.46. The number of aryl methyl sites for hydroxylation is 1. The third-order valence-corrected chi connectivity index (χ3v) is 7.67. The van der Waals surface area contributed by atoms with Crippen LogP contribution in [0.25, 0.3) is 0 Å². The Morgan fingerprint density at radius 3 is 2.54 bits per heavy atom. The Morgan fingerprint density at radius 1 is 1.13 bits per heavy atom. The number of rotatable bonds is 4. The van der Waals surface area contributed by atoms with Crippen molar-refractivity contribution in [3.63, 3.8) is 0 Å². The lowest BCUT2D eigenvalue weighted by Gasteiger charge is -2.34. The Kier molecular flexibility index (Phi) is 7.54. The number of ether oxygens (including phenoxy) is 2. The standard InChI is InChI=1S/C28H37F2N5O4/c1-28(2,3)39-27(37)33-12-8-18(9-13-33)35-22-7-10-31-16-21(22)25(32-35)34-11-5-6-17-14-20(26(36)38-4)19(24(29)30)15-23(17)34/h14-15,18,24,31H,5-13,16H2,1-4H3. The second-order valence-electron chi connectivity index (χ2n) is 11.4. The Bertz CT molecular complexity index is 1250. The number of halogens is 2. The molecule has 1 N–H and O–H groups in total. The first-order valence-corrected chi connectivity index (χ1v) is 13.7. The van der Waals surface area contributed by atoms with Gasteiger partial charge in [0.05, 0.1) is 18.7 Å². The third-order valence-electron chi connectivity index (χ3n) is 7.67. The van der Waals surface area contributed by atoms with Crippen LogP contribution in [0.1, 0.15) is 85.2 Å². The number of nitrogens with one attached hydrogen (secondary N) is 1. The van der Waals surface area contributed by atoms with Gasteiger partial charge in [0.2, 0.25) is 0 Å². The maximum atomic E-state index is 14.0. The molecule has 1 fully saturated rings. The molecular formula is C28H37F2N5O4. The molecule has 1 saturated heterocycles. The summed E-state index contributed by atoms with van der Waals surface area (Å²) in [5.41, 5.74) is 2.80. The van der Waals surface area contributed by atoms with E-state index in [-0.39, 0.29) is 23.3 Å². The maximum Gasteiger partial charge on any atom is 0.410 e. The molecule has 0 unspecified atom stereocenters. The molecular weight excluding hydrogens is 508 g/mol. The third kappa shape index (κ3) is 5.46. The summed E-state index contributed by atoms with van der Waals surface area (Å²) in [5, 5.41) is 8.54. The molecule has 39 heavy (non-hydrogen) atoms. The smallest absolute Gasteiger partial charge is 0.410 e. The Morgan fingerprint density at radius 2 is 1.87 bits per heavy atom. The van der Waals surface area contributed by atoms with Crippen LogP contribution >= 0.6 is 0 Å². The molecule has 0 spiro atoms. The fourth-order valence-corrected chi connectivity index (χ4v) is 5.83. The van der Waals surface area contributed by atoms with Crippen LogP contribution in [0, 0.1) is 0 Å². The number of methoxy groups -OCH3 is 1. The highest BCUT2D eigenvalue weighted by atomic mass is 19.3. The van der Waals surface area contributed by atoms with Gasteiger partial charge in [-0.1, -0.05) is 0 Å². The normalized spacial score (nSPS) is 18.1. The van der Waals surface area contributed by atoms with Crippen molar-refractivity contribution in [2.24, 2.45) is 0 Å². The number of aromatic nitrogens is 2. The van der Waals surface area contributed by atoms with Gasteiger partial charge in [-0.3, -0.25) is 4.68 Å². The lowest BCUT2D eigenvalue weighted by Crippen LogP contribution is -2.42. The minimum absolute atomic E-state index is 0.0842. The molecule has 1 aromatic carbocycles. The minimum atomic E-state index is -2.81. The van der Waals surface area contributed by atoms with E-state index >= 15 is 0 Å². The van der Waals surface area contributed by atoms with Gasteiger partial charge in [0.15, 0.2) is 5.82 Å². The molecule has 0 radical (unpaired) electrons. The van der Waals surface area contributed by atoms with Gasteiger partial charge in [0.1, 0.15) is 5.60 Å². The van der Waals surface area contributed by atoms with Gasteiger partial charge in [-0.05, 0) is 64.2 Å². The highest BCUT2D eigenvalue weighted by Gasteiger charge is 2.34. The van der Waals surface area contributed by atoms with E-state index in [1.165, 1.54) is 13.2 Å². The summed E-state index contributed by atoms with van der Waals surface area (Å²) in [5.74, 6) is 0.0209. The van der Waals surface area contributed by atoms with Crippen molar-refractivity contribution >= 4 is 23.6 Å². The number of hydrogen-bond donors (Lipinski definition) is 1. The number of hydrogen-bond acceptors (Lipinski definition) is 7. The molecule has 0 bridgehead atoms. The van der Waals surface area contributed by atoms with E-state index in [2.05, 4.69) is 10.00 Å².